The molecule has 11 nitrogen and oxygen atoms in total. The van der Waals surface area contributed by atoms with Crippen LogP contribution in [0, 0.1) is 0 Å². The number of rotatable bonds is 8. The third-order valence-electron chi connectivity index (χ3n) is 7.00. The summed E-state index contributed by atoms with van der Waals surface area (Å²) in [6.45, 7) is 3.75. The molecule has 0 spiro atoms. The third kappa shape index (κ3) is 5.26. The Morgan fingerprint density at radius 2 is 2.11 bits per heavy atom. The first-order valence-corrected chi connectivity index (χ1v) is 12.6. The minimum Gasteiger partial charge on any atom is -0.458 e. The molecule has 2 fully saturated rings. The number of hydrogen-bond acceptors (Lipinski definition) is 9. The van der Waals surface area contributed by atoms with Gasteiger partial charge in [0.05, 0.1) is 24.4 Å². The fraction of sp³-hybridized carbons (Fsp3) is 0.560. The number of piperidine rings is 1. The van der Waals surface area contributed by atoms with Crippen molar-refractivity contribution in [3.05, 3.63) is 35.8 Å². The molecule has 1 saturated carbocycles. The van der Waals surface area contributed by atoms with Gasteiger partial charge in [-0.3, -0.25) is 9.89 Å². The molecular formula is C25H33N7O4. The molecule has 192 valence electrons. The van der Waals surface area contributed by atoms with Crippen molar-refractivity contribution in [1.29, 1.82) is 0 Å². The number of aromatic nitrogens is 5. The van der Waals surface area contributed by atoms with Gasteiger partial charge in [-0.2, -0.15) is 15.1 Å². The van der Waals surface area contributed by atoms with Gasteiger partial charge in [-0.1, -0.05) is 0 Å². The first kappa shape index (κ1) is 24.4. The predicted molar refractivity (Wildman–Crippen MR) is 133 cm³/mol. The van der Waals surface area contributed by atoms with Crippen LogP contribution in [0.3, 0.4) is 0 Å². The Morgan fingerprint density at radius 1 is 1.28 bits per heavy atom. The Balaban J connectivity index is 1.33. The number of hydrogen-bond donors (Lipinski definition) is 3. The summed E-state index contributed by atoms with van der Waals surface area (Å²) in [7, 11) is 1.60. The zero-order chi connectivity index (χ0) is 25.1. The normalized spacial score (nSPS) is 21.6. The van der Waals surface area contributed by atoms with Crippen LogP contribution in [-0.4, -0.2) is 81.2 Å². The van der Waals surface area contributed by atoms with Crippen LogP contribution >= 0.6 is 0 Å². The number of carbonyl (C=O) groups is 1. The number of carbonyl (C=O) groups excluding carboxylic acids is 1. The van der Waals surface area contributed by atoms with Crippen molar-refractivity contribution in [3.8, 4) is 6.01 Å². The Morgan fingerprint density at radius 3 is 2.86 bits per heavy atom. The highest BCUT2D eigenvalue weighted by Crippen LogP contribution is 2.33. The van der Waals surface area contributed by atoms with Crippen LogP contribution in [0.2, 0.25) is 0 Å². The molecule has 3 atom stereocenters. The summed E-state index contributed by atoms with van der Waals surface area (Å²) < 4.78 is 11.0. The highest BCUT2D eigenvalue weighted by molar-refractivity contribution is 5.93. The highest BCUT2D eigenvalue weighted by Gasteiger charge is 2.29. The largest absolute Gasteiger partial charge is 0.458 e. The lowest BCUT2D eigenvalue weighted by Crippen LogP contribution is -2.40. The number of amides is 1. The molecule has 1 aliphatic heterocycles. The van der Waals surface area contributed by atoms with E-state index in [4.69, 9.17) is 9.47 Å². The molecule has 5 rings (SSSR count). The highest BCUT2D eigenvalue weighted by atomic mass is 16.5. The summed E-state index contributed by atoms with van der Waals surface area (Å²) in [4.78, 5) is 28.6. The van der Waals surface area contributed by atoms with Gasteiger partial charge in [-0.05, 0) is 51.2 Å². The van der Waals surface area contributed by atoms with E-state index in [2.05, 4.69) is 41.4 Å². The van der Waals surface area contributed by atoms with Gasteiger partial charge in [0.25, 0.3) is 5.91 Å². The number of H-pyrrole nitrogens is 1. The van der Waals surface area contributed by atoms with Crippen molar-refractivity contribution in [3.63, 3.8) is 0 Å². The number of nitrogens with one attached hydrogen (secondary N) is 2. The topological polar surface area (TPSA) is 138 Å². The molecule has 0 unspecified atom stereocenters. The molecule has 0 radical (unpaired) electrons. The average molecular weight is 496 g/mol. The molecule has 3 aromatic rings. The molecule has 3 aromatic heterocycles. The van der Waals surface area contributed by atoms with Crippen LogP contribution in [0.5, 0.6) is 6.01 Å². The van der Waals surface area contributed by atoms with E-state index in [-0.39, 0.29) is 29.8 Å². The Labute approximate surface area is 209 Å². The summed E-state index contributed by atoms with van der Waals surface area (Å²) in [6.07, 6.45) is 5.08. The number of aliphatic hydroxyl groups is 1. The van der Waals surface area contributed by atoms with Crippen LogP contribution in [0.4, 0.5) is 5.82 Å². The smallest absolute Gasteiger partial charge is 0.319 e. The number of ether oxygens (including phenoxy) is 2. The Bertz CT molecular complexity index is 1190. The minimum atomic E-state index is -0.528. The number of pyridine rings is 1. The summed E-state index contributed by atoms with van der Waals surface area (Å²) in [5, 5.41) is 21.7. The molecule has 1 amide bonds. The SMILES string of the molecule is COC[C@@H](C)Oc1nc(C(=O)N[C@@H]2CCC[C@H]2O)cc(N2CCC(c3n[nH]c4ncccc34)CC2)n1. The van der Waals surface area contributed by atoms with Crippen LogP contribution < -0.4 is 15.0 Å². The summed E-state index contributed by atoms with van der Waals surface area (Å²) in [5.74, 6) is 0.623. The lowest BCUT2D eigenvalue weighted by atomic mass is 9.92. The zero-order valence-corrected chi connectivity index (χ0v) is 20.7. The minimum absolute atomic E-state index is 0.140. The summed E-state index contributed by atoms with van der Waals surface area (Å²) in [6, 6.07) is 5.57. The predicted octanol–water partition coefficient (Wildman–Crippen LogP) is 2.19. The van der Waals surface area contributed by atoms with Gasteiger partial charge in [0.2, 0.25) is 0 Å². The Hall–Kier alpha value is -3.31. The van der Waals surface area contributed by atoms with Crippen molar-refractivity contribution in [2.75, 3.05) is 31.7 Å². The number of anilines is 1. The van der Waals surface area contributed by atoms with E-state index < -0.39 is 6.10 Å². The van der Waals surface area contributed by atoms with Crippen molar-refractivity contribution in [2.24, 2.45) is 0 Å². The maximum atomic E-state index is 13.0. The Kier molecular flexibility index (Phi) is 7.28. The standard InChI is InChI=1S/C25H33N7O4/c1-15(14-35-2)36-25-28-19(24(34)27-18-6-3-7-20(18)33)13-21(29-25)32-11-8-16(9-12-32)22-17-5-4-10-26-23(17)31-30-22/h4-5,10,13,15-16,18,20,33H,3,6-9,11-12,14H2,1-2H3,(H,27,34)(H,26,30,31)/t15-,18-,20-/m1/s1. The molecule has 1 saturated heterocycles. The monoisotopic (exact) mass is 495 g/mol. The molecule has 2 aliphatic rings. The van der Waals surface area contributed by atoms with E-state index in [1.54, 1.807) is 19.4 Å². The van der Waals surface area contributed by atoms with E-state index >= 15 is 0 Å². The zero-order valence-electron chi connectivity index (χ0n) is 20.7. The van der Waals surface area contributed by atoms with Crippen LogP contribution in [0.1, 0.15) is 61.1 Å². The second-order valence-corrected chi connectivity index (χ2v) is 9.63. The molecular weight excluding hydrogens is 462 g/mol. The third-order valence-corrected chi connectivity index (χ3v) is 7.00. The maximum Gasteiger partial charge on any atom is 0.319 e. The number of fused-ring (bicyclic) bond motifs is 1. The van der Waals surface area contributed by atoms with Crippen molar-refractivity contribution in [1.82, 2.24) is 30.5 Å². The molecule has 4 heterocycles. The van der Waals surface area contributed by atoms with Gasteiger partial charge in [0.1, 0.15) is 17.6 Å². The molecule has 0 aromatic carbocycles. The van der Waals surface area contributed by atoms with Gasteiger partial charge in [-0.25, -0.2) is 4.98 Å². The quantitative estimate of drug-likeness (QED) is 0.429. The van der Waals surface area contributed by atoms with Crippen molar-refractivity contribution < 1.29 is 19.4 Å². The maximum absolute atomic E-state index is 13.0. The van der Waals surface area contributed by atoms with Gasteiger partial charge < -0.3 is 24.8 Å². The molecule has 0 bridgehead atoms. The number of aliphatic hydroxyl groups excluding tert-OH is 1. The lowest BCUT2D eigenvalue weighted by molar-refractivity contribution is 0.0826. The fourth-order valence-electron chi connectivity index (χ4n) is 5.11. The second kappa shape index (κ2) is 10.8. The first-order valence-electron chi connectivity index (χ1n) is 12.6. The van der Waals surface area contributed by atoms with Gasteiger partial charge in [0, 0.05) is 43.8 Å². The van der Waals surface area contributed by atoms with Gasteiger partial charge in [-0.15, -0.1) is 0 Å². The number of aromatic amines is 1. The van der Waals surface area contributed by atoms with Gasteiger partial charge >= 0.3 is 6.01 Å². The number of nitrogens with zero attached hydrogens (tertiary/aromatic N) is 5. The lowest BCUT2D eigenvalue weighted by Gasteiger charge is -2.32. The number of methoxy groups -OCH3 is 1. The van der Waals surface area contributed by atoms with Crippen molar-refractivity contribution >= 4 is 22.8 Å². The van der Waals surface area contributed by atoms with E-state index in [0.717, 1.165) is 55.5 Å². The molecule has 1 aliphatic carbocycles. The molecule has 36 heavy (non-hydrogen) atoms. The fourth-order valence-corrected chi connectivity index (χ4v) is 5.11. The van der Waals surface area contributed by atoms with Crippen LogP contribution in [0.25, 0.3) is 11.0 Å². The van der Waals surface area contributed by atoms with Crippen LogP contribution in [-0.2, 0) is 4.74 Å². The average Bonchev–Trinajstić information content (AvgIpc) is 3.50. The van der Waals surface area contributed by atoms with E-state index in [1.807, 2.05) is 13.0 Å². The van der Waals surface area contributed by atoms with E-state index in [9.17, 15) is 9.90 Å². The summed E-state index contributed by atoms with van der Waals surface area (Å²) in [5.41, 5.74) is 2.08. The summed E-state index contributed by atoms with van der Waals surface area (Å²) >= 11 is 0. The second-order valence-electron chi connectivity index (χ2n) is 9.63. The first-order chi connectivity index (χ1) is 17.5. The molecule has 3 N–H and O–H groups in total. The van der Waals surface area contributed by atoms with Gasteiger partial charge in [0.15, 0.2) is 5.65 Å². The molecule has 11 heteroatoms. The van der Waals surface area contributed by atoms with E-state index in [1.165, 1.54) is 0 Å². The van der Waals surface area contributed by atoms with E-state index in [0.29, 0.717) is 24.8 Å². The van der Waals surface area contributed by atoms with Crippen LogP contribution in [0.15, 0.2) is 24.4 Å². The van der Waals surface area contributed by atoms with Crippen molar-refractivity contribution in [2.45, 2.75) is 63.2 Å².